The van der Waals surface area contributed by atoms with Gasteiger partial charge in [0.25, 0.3) is 0 Å². The van der Waals surface area contributed by atoms with E-state index in [2.05, 4.69) is 0 Å². The van der Waals surface area contributed by atoms with Gasteiger partial charge in [0.2, 0.25) is 0 Å². The quantitative estimate of drug-likeness (QED) is 0.810. The molecule has 16 heavy (non-hydrogen) atoms. The normalized spacial score (nSPS) is 17.9. The van der Waals surface area contributed by atoms with Crippen LogP contribution in [0.2, 0.25) is 0 Å². The Hall–Kier alpha value is -1.58. The number of phenols is 1. The average Bonchev–Trinajstić information content (AvgIpc) is 2.16. The molecule has 0 radical (unpaired) electrons. The van der Waals surface area contributed by atoms with Crippen molar-refractivity contribution in [1.29, 1.82) is 0 Å². The number of benzene rings is 1. The van der Waals surface area contributed by atoms with Gasteiger partial charge in [-0.15, -0.1) is 0 Å². The summed E-state index contributed by atoms with van der Waals surface area (Å²) in [4.78, 5) is 11.2. The van der Waals surface area contributed by atoms with E-state index in [0.717, 1.165) is 6.42 Å². The molecule has 86 valence electrons. The molecule has 1 saturated carbocycles. The summed E-state index contributed by atoms with van der Waals surface area (Å²) in [7, 11) is 0. The van der Waals surface area contributed by atoms with Gasteiger partial charge in [-0.25, -0.2) is 4.39 Å². The van der Waals surface area contributed by atoms with Crippen LogP contribution in [-0.2, 0) is 10.2 Å². The van der Waals surface area contributed by atoms with E-state index in [-0.39, 0.29) is 5.56 Å². The summed E-state index contributed by atoms with van der Waals surface area (Å²) >= 11 is 0. The van der Waals surface area contributed by atoms with Crippen molar-refractivity contribution in [2.75, 3.05) is 0 Å². The van der Waals surface area contributed by atoms with E-state index in [0.29, 0.717) is 18.4 Å². The minimum absolute atomic E-state index is 0.203. The smallest absolute Gasteiger partial charge is 0.314 e. The van der Waals surface area contributed by atoms with Gasteiger partial charge in [-0.1, -0.05) is 18.6 Å². The molecule has 4 heteroatoms. The fourth-order valence-corrected chi connectivity index (χ4v) is 2.18. The molecule has 0 aromatic heterocycles. The van der Waals surface area contributed by atoms with Crippen LogP contribution in [0.1, 0.15) is 30.4 Å². The highest BCUT2D eigenvalue weighted by Crippen LogP contribution is 2.47. The first-order valence-corrected chi connectivity index (χ1v) is 5.21. The molecule has 1 aliphatic carbocycles. The highest BCUT2D eigenvalue weighted by molar-refractivity contribution is 5.83. The number of hydrogen-bond acceptors (Lipinski definition) is 2. The van der Waals surface area contributed by atoms with E-state index < -0.39 is 23.0 Å². The Kier molecular flexibility index (Phi) is 2.37. The highest BCUT2D eigenvalue weighted by Gasteiger charge is 2.48. The Morgan fingerprint density at radius 3 is 2.50 bits per heavy atom. The van der Waals surface area contributed by atoms with Gasteiger partial charge in [-0.05, 0) is 25.3 Å². The predicted molar refractivity (Wildman–Crippen MR) is 56.0 cm³/mol. The van der Waals surface area contributed by atoms with Gasteiger partial charge >= 0.3 is 5.97 Å². The molecular weight excluding hydrogens is 211 g/mol. The van der Waals surface area contributed by atoms with Crippen LogP contribution < -0.4 is 0 Å². The topological polar surface area (TPSA) is 57.5 Å². The van der Waals surface area contributed by atoms with Crippen LogP contribution in [0.15, 0.2) is 12.1 Å². The summed E-state index contributed by atoms with van der Waals surface area (Å²) in [5.74, 6) is -2.22. The van der Waals surface area contributed by atoms with Crippen LogP contribution in [0.3, 0.4) is 0 Å². The number of hydrogen-bond donors (Lipinski definition) is 2. The van der Waals surface area contributed by atoms with E-state index in [9.17, 15) is 19.4 Å². The van der Waals surface area contributed by atoms with Crippen molar-refractivity contribution >= 4 is 5.97 Å². The molecule has 3 nitrogen and oxygen atoms in total. The first-order chi connectivity index (χ1) is 7.49. The standard InChI is InChI=1S/C12H13FO3/c1-7-3-4-8(10(14)9(7)13)12(11(15)16)5-2-6-12/h3-4,14H,2,5-6H2,1H3,(H,15,16). The molecule has 0 saturated heterocycles. The first-order valence-electron chi connectivity index (χ1n) is 5.21. The number of carboxylic acids is 1. The first kappa shape index (κ1) is 10.9. The third-order valence-electron chi connectivity index (χ3n) is 3.44. The highest BCUT2D eigenvalue weighted by atomic mass is 19.1. The number of phenolic OH excluding ortho intramolecular Hbond substituents is 1. The average molecular weight is 224 g/mol. The molecule has 0 heterocycles. The van der Waals surface area contributed by atoms with Crippen LogP contribution in [0.5, 0.6) is 5.75 Å². The summed E-state index contributed by atoms with van der Waals surface area (Å²) in [5, 5.41) is 18.9. The van der Waals surface area contributed by atoms with Crippen LogP contribution in [0.4, 0.5) is 4.39 Å². The van der Waals surface area contributed by atoms with Gasteiger partial charge in [-0.3, -0.25) is 4.79 Å². The fraction of sp³-hybridized carbons (Fsp3) is 0.417. The molecule has 0 unspecified atom stereocenters. The van der Waals surface area contributed by atoms with Crippen molar-refractivity contribution in [2.24, 2.45) is 0 Å². The second-order valence-corrected chi connectivity index (χ2v) is 4.33. The van der Waals surface area contributed by atoms with Gasteiger partial charge in [0.15, 0.2) is 11.6 Å². The van der Waals surface area contributed by atoms with E-state index in [1.807, 2.05) is 0 Å². The zero-order chi connectivity index (χ0) is 11.9. The monoisotopic (exact) mass is 224 g/mol. The van der Waals surface area contributed by atoms with E-state index in [4.69, 9.17) is 0 Å². The number of carbonyl (C=O) groups is 1. The maximum absolute atomic E-state index is 13.5. The number of aliphatic carboxylic acids is 1. The number of rotatable bonds is 2. The lowest BCUT2D eigenvalue weighted by atomic mass is 9.64. The Morgan fingerprint density at radius 1 is 1.44 bits per heavy atom. The van der Waals surface area contributed by atoms with Gasteiger partial charge in [0.05, 0.1) is 5.41 Å². The van der Waals surface area contributed by atoms with E-state index in [1.165, 1.54) is 19.1 Å². The lowest BCUT2D eigenvalue weighted by Crippen LogP contribution is -2.42. The zero-order valence-electron chi connectivity index (χ0n) is 8.96. The Bertz CT molecular complexity index is 450. The maximum atomic E-state index is 13.5. The molecule has 0 spiro atoms. The van der Waals surface area contributed by atoms with Crippen LogP contribution in [0, 0.1) is 12.7 Å². The van der Waals surface area contributed by atoms with Crippen LogP contribution >= 0.6 is 0 Å². The van der Waals surface area contributed by atoms with Crippen molar-refractivity contribution in [3.05, 3.63) is 29.1 Å². The zero-order valence-corrected chi connectivity index (χ0v) is 8.96. The molecule has 1 aliphatic rings. The molecule has 0 bridgehead atoms. The fourth-order valence-electron chi connectivity index (χ4n) is 2.18. The molecule has 2 N–H and O–H groups in total. The van der Waals surface area contributed by atoms with Crippen molar-refractivity contribution in [1.82, 2.24) is 0 Å². The minimum atomic E-state index is -1.08. The molecule has 1 aromatic carbocycles. The maximum Gasteiger partial charge on any atom is 0.314 e. The van der Waals surface area contributed by atoms with Crippen molar-refractivity contribution in [3.63, 3.8) is 0 Å². The Balaban J connectivity index is 2.56. The van der Waals surface area contributed by atoms with Gasteiger partial charge in [0.1, 0.15) is 0 Å². The molecule has 0 amide bonds. The molecule has 0 aliphatic heterocycles. The number of aryl methyl sites for hydroxylation is 1. The second-order valence-electron chi connectivity index (χ2n) is 4.33. The van der Waals surface area contributed by atoms with E-state index in [1.54, 1.807) is 0 Å². The van der Waals surface area contributed by atoms with E-state index >= 15 is 0 Å². The van der Waals surface area contributed by atoms with Crippen LogP contribution in [-0.4, -0.2) is 16.2 Å². The Morgan fingerprint density at radius 2 is 2.06 bits per heavy atom. The SMILES string of the molecule is Cc1ccc(C2(C(=O)O)CCC2)c(O)c1F. The third-order valence-corrected chi connectivity index (χ3v) is 3.44. The number of aromatic hydroxyl groups is 1. The van der Waals surface area contributed by atoms with Gasteiger partial charge in [0, 0.05) is 5.56 Å². The molecular formula is C12H13FO3. The predicted octanol–water partition coefficient (Wildman–Crippen LogP) is 2.35. The molecule has 2 rings (SSSR count). The summed E-state index contributed by atoms with van der Waals surface area (Å²) in [6.07, 6.45) is 1.71. The van der Waals surface area contributed by atoms with Crippen LogP contribution in [0.25, 0.3) is 0 Å². The van der Waals surface area contributed by atoms with Gasteiger partial charge < -0.3 is 10.2 Å². The van der Waals surface area contributed by atoms with Gasteiger partial charge in [-0.2, -0.15) is 0 Å². The molecule has 0 atom stereocenters. The Labute approximate surface area is 92.5 Å². The summed E-state index contributed by atoms with van der Waals surface area (Å²) in [6.45, 7) is 1.53. The third kappa shape index (κ3) is 1.29. The van der Waals surface area contributed by atoms with Crippen molar-refractivity contribution in [3.8, 4) is 5.75 Å². The number of halogens is 1. The number of carboxylic acid groups (broad SMARTS) is 1. The summed E-state index contributed by atoms with van der Waals surface area (Å²) in [6, 6.07) is 3.02. The minimum Gasteiger partial charge on any atom is -0.505 e. The largest absolute Gasteiger partial charge is 0.505 e. The van der Waals surface area contributed by atoms with Crippen molar-refractivity contribution in [2.45, 2.75) is 31.6 Å². The second kappa shape index (κ2) is 3.47. The van der Waals surface area contributed by atoms with Crippen molar-refractivity contribution < 1.29 is 19.4 Å². The lowest BCUT2D eigenvalue weighted by Gasteiger charge is -2.38. The summed E-state index contributed by atoms with van der Waals surface area (Å²) < 4.78 is 13.5. The molecule has 1 aromatic rings. The summed E-state index contributed by atoms with van der Waals surface area (Å²) in [5.41, 5.74) is -0.561. The molecule has 1 fully saturated rings. The lowest BCUT2D eigenvalue weighted by molar-refractivity contribution is -0.147.